The van der Waals surface area contributed by atoms with E-state index in [1.165, 1.54) is 16.0 Å². The van der Waals surface area contributed by atoms with E-state index < -0.39 is 0 Å². The Kier molecular flexibility index (Phi) is 4.32. The summed E-state index contributed by atoms with van der Waals surface area (Å²) in [6.45, 7) is 4.20. The monoisotopic (exact) mass is 258 g/mol. The van der Waals surface area contributed by atoms with Crippen LogP contribution in [0.25, 0.3) is 10.4 Å². The van der Waals surface area contributed by atoms with Crippen LogP contribution in [0.4, 0.5) is 0 Å². The fourth-order valence-electron chi connectivity index (χ4n) is 1.94. The summed E-state index contributed by atoms with van der Waals surface area (Å²) in [5, 5.41) is 0. The van der Waals surface area contributed by atoms with Crippen molar-refractivity contribution in [1.82, 2.24) is 0 Å². The van der Waals surface area contributed by atoms with Crippen molar-refractivity contribution in [2.75, 3.05) is 0 Å². The van der Waals surface area contributed by atoms with E-state index in [0.29, 0.717) is 6.42 Å². The van der Waals surface area contributed by atoms with E-state index >= 15 is 0 Å². The maximum absolute atomic E-state index is 11.8. The van der Waals surface area contributed by atoms with Crippen molar-refractivity contribution >= 4 is 17.1 Å². The lowest BCUT2D eigenvalue weighted by Gasteiger charge is -2.00. The van der Waals surface area contributed by atoms with E-state index in [1.807, 2.05) is 13.0 Å². The van der Waals surface area contributed by atoms with Crippen LogP contribution in [0.15, 0.2) is 36.4 Å². The van der Waals surface area contributed by atoms with Crippen LogP contribution in [-0.2, 0) is 6.42 Å². The van der Waals surface area contributed by atoms with Gasteiger partial charge in [-0.2, -0.15) is 0 Å². The molecule has 0 bridgehead atoms. The number of ketones is 1. The second-order valence-corrected chi connectivity index (χ2v) is 5.47. The predicted octanol–water partition coefficient (Wildman–Crippen LogP) is 4.96. The summed E-state index contributed by atoms with van der Waals surface area (Å²) >= 11 is 1.60. The smallest absolute Gasteiger partial charge is 0.172 e. The lowest BCUT2D eigenvalue weighted by atomic mass is 10.1. The highest BCUT2D eigenvalue weighted by Gasteiger charge is 2.09. The third-order valence-electron chi connectivity index (χ3n) is 2.98. The number of carbonyl (C=O) groups excluding carboxylic acids is 1. The highest BCUT2D eigenvalue weighted by Crippen LogP contribution is 2.29. The Morgan fingerprint density at radius 1 is 1.17 bits per heavy atom. The van der Waals surface area contributed by atoms with Crippen LogP contribution < -0.4 is 0 Å². The minimum atomic E-state index is 0.264. The average Bonchev–Trinajstić information content (AvgIpc) is 2.89. The Bertz CT molecular complexity index is 540. The van der Waals surface area contributed by atoms with Gasteiger partial charge in [0.15, 0.2) is 5.78 Å². The first kappa shape index (κ1) is 13.0. The molecule has 0 radical (unpaired) electrons. The SMILES string of the molecule is CCCC(=O)c1ccc(-c2cccc(CC)c2)s1. The van der Waals surface area contributed by atoms with E-state index in [4.69, 9.17) is 0 Å². The van der Waals surface area contributed by atoms with E-state index in [-0.39, 0.29) is 5.78 Å². The summed E-state index contributed by atoms with van der Waals surface area (Å²) in [6.07, 6.45) is 2.60. The van der Waals surface area contributed by atoms with Crippen molar-refractivity contribution in [3.05, 3.63) is 46.8 Å². The number of hydrogen-bond acceptors (Lipinski definition) is 2. The molecule has 0 amide bonds. The fraction of sp³-hybridized carbons (Fsp3) is 0.312. The molecule has 2 rings (SSSR count). The van der Waals surface area contributed by atoms with Gasteiger partial charge in [-0.25, -0.2) is 0 Å². The number of benzene rings is 1. The van der Waals surface area contributed by atoms with Crippen molar-refractivity contribution < 1.29 is 4.79 Å². The first-order valence-corrected chi connectivity index (χ1v) is 7.28. The predicted molar refractivity (Wildman–Crippen MR) is 78.4 cm³/mol. The van der Waals surface area contributed by atoms with Crippen LogP contribution in [-0.4, -0.2) is 5.78 Å². The van der Waals surface area contributed by atoms with Gasteiger partial charge in [0.1, 0.15) is 0 Å². The molecule has 0 saturated heterocycles. The second kappa shape index (κ2) is 5.96. The molecule has 0 aliphatic carbocycles. The Balaban J connectivity index is 2.26. The molecule has 94 valence electrons. The molecule has 0 unspecified atom stereocenters. The summed E-state index contributed by atoms with van der Waals surface area (Å²) in [5.41, 5.74) is 2.55. The minimum Gasteiger partial charge on any atom is -0.293 e. The Morgan fingerprint density at radius 2 is 2.00 bits per heavy atom. The molecule has 0 atom stereocenters. The van der Waals surface area contributed by atoms with Gasteiger partial charge in [-0.1, -0.05) is 38.1 Å². The summed E-state index contributed by atoms with van der Waals surface area (Å²) in [7, 11) is 0. The highest BCUT2D eigenvalue weighted by atomic mass is 32.1. The topological polar surface area (TPSA) is 17.1 Å². The van der Waals surface area contributed by atoms with Crippen molar-refractivity contribution in [3.63, 3.8) is 0 Å². The number of carbonyl (C=O) groups is 1. The van der Waals surface area contributed by atoms with Gasteiger partial charge in [0.25, 0.3) is 0 Å². The lowest BCUT2D eigenvalue weighted by Crippen LogP contribution is -1.93. The van der Waals surface area contributed by atoms with E-state index in [1.54, 1.807) is 11.3 Å². The molecular weight excluding hydrogens is 240 g/mol. The van der Waals surface area contributed by atoms with Crippen LogP contribution in [0.2, 0.25) is 0 Å². The van der Waals surface area contributed by atoms with Crippen molar-refractivity contribution in [2.24, 2.45) is 0 Å². The van der Waals surface area contributed by atoms with Crippen LogP contribution in [0.3, 0.4) is 0 Å². The van der Waals surface area contributed by atoms with Crippen molar-refractivity contribution in [3.8, 4) is 10.4 Å². The largest absolute Gasteiger partial charge is 0.293 e. The molecule has 1 nitrogen and oxygen atoms in total. The minimum absolute atomic E-state index is 0.264. The van der Waals surface area contributed by atoms with E-state index in [0.717, 1.165) is 17.7 Å². The molecule has 1 aromatic carbocycles. The van der Waals surface area contributed by atoms with Gasteiger partial charge < -0.3 is 0 Å². The summed E-state index contributed by atoms with van der Waals surface area (Å²) in [6, 6.07) is 12.6. The quantitative estimate of drug-likeness (QED) is 0.693. The molecule has 0 fully saturated rings. The molecule has 1 heterocycles. The Morgan fingerprint density at radius 3 is 2.72 bits per heavy atom. The summed E-state index contributed by atoms with van der Waals surface area (Å²) in [4.78, 5) is 13.9. The van der Waals surface area contributed by atoms with E-state index in [2.05, 4.69) is 37.3 Å². The molecule has 0 aliphatic heterocycles. The van der Waals surface area contributed by atoms with Gasteiger partial charge in [0.05, 0.1) is 4.88 Å². The molecule has 2 aromatic rings. The zero-order valence-electron chi connectivity index (χ0n) is 10.9. The number of rotatable bonds is 5. The zero-order chi connectivity index (χ0) is 13.0. The normalized spacial score (nSPS) is 10.6. The molecule has 1 aromatic heterocycles. The van der Waals surface area contributed by atoms with Gasteiger partial charge in [-0.05, 0) is 36.1 Å². The van der Waals surface area contributed by atoms with Crippen LogP contribution in [0.1, 0.15) is 41.9 Å². The van der Waals surface area contributed by atoms with Gasteiger partial charge in [0, 0.05) is 11.3 Å². The fourth-order valence-corrected chi connectivity index (χ4v) is 2.91. The van der Waals surface area contributed by atoms with Gasteiger partial charge in [0.2, 0.25) is 0 Å². The number of thiophene rings is 1. The molecule has 18 heavy (non-hydrogen) atoms. The Hall–Kier alpha value is -1.41. The first-order valence-electron chi connectivity index (χ1n) is 6.47. The number of Topliss-reactive ketones (excluding diaryl/α,β-unsaturated/α-hetero) is 1. The average molecular weight is 258 g/mol. The molecular formula is C16H18OS. The second-order valence-electron chi connectivity index (χ2n) is 4.39. The molecule has 0 saturated carbocycles. The van der Waals surface area contributed by atoms with Gasteiger partial charge >= 0.3 is 0 Å². The lowest BCUT2D eigenvalue weighted by molar-refractivity contribution is 0.0985. The number of aryl methyl sites for hydroxylation is 1. The van der Waals surface area contributed by atoms with E-state index in [9.17, 15) is 4.79 Å². The third-order valence-corrected chi connectivity index (χ3v) is 4.15. The molecule has 2 heteroatoms. The number of hydrogen-bond donors (Lipinski definition) is 0. The van der Waals surface area contributed by atoms with Crippen molar-refractivity contribution in [1.29, 1.82) is 0 Å². The summed E-state index contributed by atoms with van der Waals surface area (Å²) < 4.78 is 0. The maximum Gasteiger partial charge on any atom is 0.172 e. The van der Waals surface area contributed by atoms with Crippen LogP contribution >= 0.6 is 11.3 Å². The van der Waals surface area contributed by atoms with Crippen molar-refractivity contribution in [2.45, 2.75) is 33.1 Å². The molecule has 0 spiro atoms. The van der Waals surface area contributed by atoms with Gasteiger partial charge in [-0.3, -0.25) is 4.79 Å². The van der Waals surface area contributed by atoms with Crippen LogP contribution in [0, 0.1) is 0 Å². The maximum atomic E-state index is 11.8. The highest BCUT2D eigenvalue weighted by molar-refractivity contribution is 7.17. The third kappa shape index (κ3) is 2.88. The van der Waals surface area contributed by atoms with Gasteiger partial charge in [-0.15, -0.1) is 11.3 Å². The first-order chi connectivity index (χ1) is 8.74. The van der Waals surface area contributed by atoms with Crippen LogP contribution in [0.5, 0.6) is 0 Å². The zero-order valence-corrected chi connectivity index (χ0v) is 11.7. The molecule has 0 aliphatic rings. The summed E-state index contributed by atoms with van der Waals surface area (Å²) in [5.74, 6) is 0.264. The molecule has 0 N–H and O–H groups in total. The standard InChI is InChI=1S/C16H18OS/c1-3-6-14(17)16-10-9-15(18-16)13-8-5-7-12(4-2)11-13/h5,7-11H,3-4,6H2,1-2H3. The Labute approximate surface area is 112 Å².